The van der Waals surface area contributed by atoms with Gasteiger partial charge in [-0.15, -0.1) is 24.0 Å². The average Bonchev–Trinajstić information content (AvgIpc) is 2.68. The number of methoxy groups -OCH3 is 3. The van der Waals surface area contributed by atoms with Crippen LogP contribution in [0.4, 0.5) is 0 Å². The number of aliphatic imine (C=N–C) groups is 1. The number of halogens is 1. The number of hydrogen-bond acceptors (Lipinski definition) is 6. The number of nitrogens with one attached hydrogen (secondary N) is 3. The van der Waals surface area contributed by atoms with Crippen LogP contribution in [0.15, 0.2) is 17.1 Å². The van der Waals surface area contributed by atoms with Crippen LogP contribution in [0.2, 0.25) is 0 Å². The second-order valence-electron chi connectivity index (χ2n) is 5.54. The maximum absolute atomic E-state index is 11.4. The predicted molar refractivity (Wildman–Crippen MR) is 122 cm³/mol. The molecule has 28 heavy (non-hydrogen) atoms. The summed E-state index contributed by atoms with van der Waals surface area (Å²) < 4.78 is 41.3. The highest BCUT2D eigenvalue weighted by molar-refractivity contribution is 14.0. The Bertz CT molecular complexity index is 703. The molecule has 0 radical (unpaired) electrons. The number of benzene rings is 1. The van der Waals surface area contributed by atoms with Crippen molar-refractivity contribution in [2.45, 2.75) is 19.9 Å². The lowest BCUT2D eigenvalue weighted by Gasteiger charge is -2.16. The van der Waals surface area contributed by atoms with Gasteiger partial charge in [-0.2, -0.15) is 0 Å². The predicted octanol–water partition coefficient (Wildman–Crippen LogP) is 1.32. The second-order valence-corrected chi connectivity index (χ2v) is 7.63. The van der Waals surface area contributed by atoms with Crippen molar-refractivity contribution in [2.75, 3.05) is 47.2 Å². The summed E-state index contributed by atoms with van der Waals surface area (Å²) >= 11 is 0. The summed E-state index contributed by atoms with van der Waals surface area (Å²) in [5, 5.41) is 6.33. The van der Waals surface area contributed by atoms with Gasteiger partial charge in [-0.25, -0.2) is 13.1 Å². The molecule has 162 valence electrons. The van der Waals surface area contributed by atoms with Gasteiger partial charge in [0.2, 0.25) is 15.8 Å². The van der Waals surface area contributed by atoms with Crippen LogP contribution < -0.4 is 29.6 Å². The minimum absolute atomic E-state index is 0. The molecule has 0 heterocycles. The first-order chi connectivity index (χ1) is 12.9. The minimum Gasteiger partial charge on any atom is -0.493 e. The van der Waals surface area contributed by atoms with Gasteiger partial charge in [-0.3, -0.25) is 4.99 Å². The van der Waals surface area contributed by atoms with Gasteiger partial charge in [0.1, 0.15) is 0 Å². The molecule has 9 nitrogen and oxygen atoms in total. The second kappa shape index (κ2) is 13.7. The Morgan fingerprint density at radius 1 is 1.04 bits per heavy atom. The van der Waals surface area contributed by atoms with Crippen molar-refractivity contribution in [1.29, 1.82) is 0 Å². The smallest absolute Gasteiger partial charge is 0.211 e. The summed E-state index contributed by atoms with van der Waals surface area (Å²) in [5.41, 5.74) is 0.933. The Morgan fingerprint density at radius 3 is 2.11 bits per heavy atom. The lowest BCUT2D eigenvalue weighted by atomic mass is 10.2. The van der Waals surface area contributed by atoms with Gasteiger partial charge in [0, 0.05) is 26.7 Å². The first-order valence-electron chi connectivity index (χ1n) is 8.61. The zero-order valence-electron chi connectivity index (χ0n) is 17.0. The molecule has 1 aromatic rings. The zero-order chi connectivity index (χ0) is 20.3. The molecule has 0 atom stereocenters. The lowest BCUT2D eigenvalue weighted by Crippen LogP contribution is -2.38. The number of guanidine groups is 1. The van der Waals surface area contributed by atoms with Gasteiger partial charge >= 0.3 is 0 Å². The van der Waals surface area contributed by atoms with Crippen molar-refractivity contribution < 1.29 is 22.6 Å². The van der Waals surface area contributed by atoms with Crippen LogP contribution in [-0.2, 0) is 16.6 Å². The number of ether oxygens (including phenoxy) is 3. The summed E-state index contributed by atoms with van der Waals surface area (Å²) in [4.78, 5) is 4.15. The quantitative estimate of drug-likeness (QED) is 0.171. The molecule has 0 unspecified atom stereocenters. The van der Waals surface area contributed by atoms with E-state index in [1.165, 1.54) is 0 Å². The fraction of sp³-hybridized carbons (Fsp3) is 0.588. The number of rotatable bonds is 11. The zero-order valence-corrected chi connectivity index (χ0v) is 20.1. The standard InChI is InChI=1S/C17H30N4O5S.HI/c1-6-27(22,23)21-9-7-8-19-17(18-2)20-12-13-10-14(24-3)16(26-5)15(11-13)25-4;/h10-11,21H,6-9,12H2,1-5H3,(H2,18,19,20);1H. The monoisotopic (exact) mass is 530 g/mol. The molecular formula is C17H31IN4O5S. The van der Waals surface area contributed by atoms with E-state index in [1.807, 2.05) is 12.1 Å². The highest BCUT2D eigenvalue weighted by Gasteiger charge is 2.13. The number of nitrogens with zero attached hydrogens (tertiary/aromatic N) is 1. The fourth-order valence-electron chi connectivity index (χ4n) is 2.27. The third-order valence-corrected chi connectivity index (χ3v) is 5.16. The largest absolute Gasteiger partial charge is 0.493 e. The summed E-state index contributed by atoms with van der Waals surface area (Å²) in [6.07, 6.45) is 0.643. The van der Waals surface area contributed by atoms with Gasteiger partial charge in [0.25, 0.3) is 0 Å². The van der Waals surface area contributed by atoms with Crippen molar-refractivity contribution in [3.8, 4) is 17.2 Å². The molecule has 11 heteroatoms. The van der Waals surface area contributed by atoms with Crippen molar-refractivity contribution in [3.05, 3.63) is 17.7 Å². The molecule has 0 bridgehead atoms. The average molecular weight is 530 g/mol. The van der Waals surface area contributed by atoms with Crippen molar-refractivity contribution >= 4 is 40.0 Å². The van der Waals surface area contributed by atoms with Crippen molar-refractivity contribution in [1.82, 2.24) is 15.4 Å². The summed E-state index contributed by atoms with van der Waals surface area (Å²) in [5.74, 6) is 2.40. The van der Waals surface area contributed by atoms with Gasteiger partial charge in [0.05, 0.1) is 27.1 Å². The maximum Gasteiger partial charge on any atom is 0.211 e. The van der Waals surface area contributed by atoms with Crippen LogP contribution in [0.25, 0.3) is 0 Å². The van der Waals surface area contributed by atoms with Crippen LogP contribution in [0.5, 0.6) is 17.2 Å². The van der Waals surface area contributed by atoms with Crippen LogP contribution in [0, 0.1) is 0 Å². The normalized spacial score (nSPS) is 11.4. The summed E-state index contributed by atoms with van der Waals surface area (Å²) in [6, 6.07) is 3.72. The third kappa shape index (κ3) is 8.69. The van der Waals surface area contributed by atoms with E-state index in [0.29, 0.717) is 49.3 Å². The van der Waals surface area contributed by atoms with Gasteiger partial charge in [-0.1, -0.05) is 0 Å². The molecule has 0 aliphatic rings. The van der Waals surface area contributed by atoms with Crippen molar-refractivity contribution in [3.63, 3.8) is 0 Å². The molecule has 0 amide bonds. The van der Waals surface area contributed by atoms with Crippen LogP contribution in [0.1, 0.15) is 18.9 Å². The molecule has 0 aliphatic heterocycles. The topological polar surface area (TPSA) is 110 Å². The molecule has 3 N–H and O–H groups in total. The molecule has 1 aromatic carbocycles. The Kier molecular flexibility index (Phi) is 12.9. The van der Waals surface area contributed by atoms with Gasteiger partial charge in [0.15, 0.2) is 17.5 Å². The highest BCUT2D eigenvalue weighted by atomic mass is 127. The first-order valence-corrected chi connectivity index (χ1v) is 10.3. The molecule has 0 spiro atoms. The van der Waals surface area contributed by atoms with E-state index in [4.69, 9.17) is 14.2 Å². The molecule has 1 rings (SSSR count). The first kappa shape index (κ1) is 26.5. The SMILES string of the molecule is CCS(=O)(=O)NCCCNC(=NC)NCc1cc(OC)c(OC)c(OC)c1.I. The number of hydrogen-bond donors (Lipinski definition) is 3. The summed E-state index contributed by atoms with van der Waals surface area (Å²) in [6.45, 7) is 3.07. The van der Waals surface area contributed by atoms with E-state index in [1.54, 1.807) is 35.3 Å². The van der Waals surface area contributed by atoms with E-state index in [9.17, 15) is 8.42 Å². The Labute approximate surface area is 184 Å². The van der Waals surface area contributed by atoms with Crippen LogP contribution >= 0.6 is 24.0 Å². The van der Waals surface area contributed by atoms with Crippen LogP contribution in [0.3, 0.4) is 0 Å². The highest BCUT2D eigenvalue weighted by Crippen LogP contribution is 2.38. The molecule has 0 aliphatic carbocycles. The van der Waals surface area contributed by atoms with E-state index in [-0.39, 0.29) is 29.7 Å². The van der Waals surface area contributed by atoms with E-state index >= 15 is 0 Å². The Hall–Kier alpha value is -1.47. The minimum atomic E-state index is -3.15. The van der Waals surface area contributed by atoms with Gasteiger partial charge in [-0.05, 0) is 31.0 Å². The Morgan fingerprint density at radius 2 is 1.64 bits per heavy atom. The molecule has 0 saturated heterocycles. The fourth-order valence-corrected chi connectivity index (χ4v) is 2.93. The van der Waals surface area contributed by atoms with Gasteiger partial charge < -0.3 is 24.8 Å². The van der Waals surface area contributed by atoms with E-state index in [2.05, 4.69) is 20.3 Å². The van der Waals surface area contributed by atoms with Crippen LogP contribution in [-0.4, -0.2) is 61.6 Å². The molecular weight excluding hydrogens is 499 g/mol. The van der Waals surface area contributed by atoms with E-state index in [0.717, 1.165) is 5.56 Å². The molecule has 0 aromatic heterocycles. The summed E-state index contributed by atoms with van der Waals surface area (Å²) in [7, 11) is 3.22. The maximum atomic E-state index is 11.4. The molecule has 0 fully saturated rings. The third-order valence-electron chi connectivity index (χ3n) is 3.76. The lowest BCUT2D eigenvalue weighted by molar-refractivity contribution is 0.323. The van der Waals surface area contributed by atoms with E-state index < -0.39 is 10.0 Å². The van der Waals surface area contributed by atoms with Crippen molar-refractivity contribution in [2.24, 2.45) is 4.99 Å². The Balaban J connectivity index is 0.00000729. The molecule has 0 saturated carbocycles. The number of sulfonamides is 1.